The molecule has 6 nitrogen and oxygen atoms in total. The molecule has 4 aromatic rings. The molecule has 2 atom stereocenters. The number of benzene rings is 4. The van der Waals surface area contributed by atoms with E-state index in [4.69, 9.17) is 9.47 Å². The van der Waals surface area contributed by atoms with Crippen LogP contribution in [0.4, 0.5) is 0 Å². The number of rotatable bonds is 13. The van der Waals surface area contributed by atoms with Crippen molar-refractivity contribution in [3.63, 3.8) is 0 Å². The van der Waals surface area contributed by atoms with Gasteiger partial charge in [0.25, 0.3) is 11.8 Å². The molecule has 0 radical (unpaired) electrons. The van der Waals surface area contributed by atoms with Crippen molar-refractivity contribution in [1.29, 1.82) is 0 Å². The lowest BCUT2D eigenvalue weighted by Crippen LogP contribution is -2.47. The van der Waals surface area contributed by atoms with E-state index in [0.29, 0.717) is 37.7 Å². The van der Waals surface area contributed by atoms with E-state index in [0.717, 1.165) is 22.3 Å². The van der Waals surface area contributed by atoms with Crippen LogP contribution >= 0.6 is 0 Å². The predicted octanol–water partition coefficient (Wildman–Crippen LogP) is 6.60. The molecule has 0 aliphatic carbocycles. The average molecular weight is 565 g/mol. The van der Waals surface area contributed by atoms with Crippen LogP contribution in [0.2, 0.25) is 0 Å². The van der Waals surface area contributed by atoms with Crippen molar-refractivity contribution in [1.82, 2.24) is 9.80 Å². The number of nitrogens with zero attached hydrogens (tertiary/aromatic N) is 2. The largest absolute Gasteiger partial charge is 0.481 e. The van der Waals surface area contributed by atoms with Crippen molar-refractivity contribution in [3.8, 4) is 11.5 Å². The lowest BCUT2D eigenvalue weighted by atomic mass is 10.1. The molecule has 0 spiro atoms. The summed E-state index contributed by atoms with van der Waals surface area (Å²) in [5.74, 6) is 0.999. The zero-order valence-corrected chi connectivity index (χ0v) is 24.9. The second-order valence-corrected chi connectivity index (χ2v) is 10.6. The molecule has 218 valence electrons. The number of hydrogen-bond acceptors (Lipinski definition) is 4. The smallest absolute Gasteiger partial charge is 0.263 e. The number of aryl methyl sites for hydroxylation is 2. The lowest BCUT2D eigenvalue weighted by Gasteiger charge is -2.31. The van der Waals surface area contributed by atoms with E-state index in [1.165, 1.54) is 0 Å². The molecule has 2 unspecified atom stereocenters. The number of carbonyl (C=O) groups excluding carboxylic acids is 2. The van der Waals surface area contributed by atoms with Crippen molar-refractivity contribution >= 4 is 11.8 Å². The first-order valence-electron chi connectivity index (χ1n) is 14.4. The molecule has 4 rings (SSSR count). The summed E-state index contributed by atoms with van der Waals surface area (Å²) in [6.07, 6.45) is -1.39. The number of amides is 2. The Hall–Kier alpha value is -4.58. The zero-order valence-electron chi connectivity index (χ0n) is 24.9. The van der Waals surface area contributed by atoms with Crippen LogP contribution in [0.15, 0.2) is 109 Å². The van der Waals surface area contributed by atoms with Gasteiger partial charge in [0.05, 0.1) is 0 Å². The van der Waals surface area contributed by atoms with Gasteiger partial charge >= 0.3 is 0 Å². The van der Waals surface area contributed by atoms with Crippen LogP contribution in [0.5, 0.6) is 11.5 Å². The van der Waals surface area contributed by atoms with Crippen molar-refractivity contribution in [2.75, 3.05) is 13.1 Å². The Morgan fingerprint density at radius 3 is 1.21 bits per heavy atom. The monoisotopic (exact) mass is 564 g/mol. The molecule has 0 bridgehead atoms. The summed E-state index contributed by atoms with van der Waals surface area (Å²) in [6.45, 7) is 9.05. The van der Waals surface area contributed by atoms with Crippen LogP contribution in [0, 0.1) is 13.8 Å². The highest BCUT2D eigenvalue weighted by molar-refractivity contribution is 5.82. The summed E-state index contributed by atoms with van der Waals surface area (Å²) >= 11 is 0. The molecular formula is C36H40N2O4. The van der Waals surface area contributed by atoms with Gasteiger partial charge < -0.3 is 19.3 Å². The summed E-state index contributed by atoms with van der Waals surface area (Å²) in [7, 11) is 0. The van der Waals surface area contributed by atoms with E-state index < -0.39 is 12.2 Å². The molecule has 42 heavy (non-hydrogen) atoms. The lowest BCUT2D eigenvalue weighted by molar-refractivity contribution is -0.142. The van der Waals surface area contributed by atoms with Crippen molar-refractivity contribution in [3.05, 3.63) is 131 Å². The van der Waals surface area contributed by atoms with E-state index in [9.17, 15) is 9.59 Å². The maximum absolute atomic E-state index is 13.7. The first kappa shape index (κ1) is 30.4. The second kappa shape index (κ2) is 14.9. The predicted molar refractivity (Wildman–Crippen MR) is 166 cm³/mol. The highest BCUT2D eigenvalue weighted by Gasteiger charge is 2.27. The molecule has 6 heteroatoms. The van der Waals surface area contributed by atoms with Gasteiger partial charge in [0, 0.05) is 26.2 Å². The van der Waals surface area contributed by atoms with Gasteiger partial charge in [-0.3, -0.25) is 9.59 Å². The fraction of sp³-hybridized carbons (Fsp3) is 0.278. The minimum atomic E-state index is -0.696. The van der Waals surface area contributed by atoms with Gasteiger partial charge in [0.1, 0.15) is 11.5 Å². The summed E-state index contributed by atoms with van der Waals surface area (Å²) < 4.78 is 12.0. The van der Waals surface area contributed by atoms with E-state index in [-0.39, 0.29) is 11.8 Å². The van der Waals surface area contributed by atoms with Gasteiger partial charge in [-0.1, -0.05) is 96.1 Å². The van der Waals surface area contributed by atoms with Crippen LogP contribution in [-0.2, 0) is 22.7 Å². The third-order valence-corrected chi connectivity index (χ3v) is 7.06. The third-order valence-electron chi connectivity index (χ3n) is 7.06. The number of hydrogen-bond donors (Lipinski definition) is 0. The first-order valence-corrected chi connectivity index (χ1v) is 14.4. The Morgan fingerprint density at radius 2 is 0.881 bits per heavy atom. The Kier molecular flexibility index (Phi) is 10.8. The zero-order chi connectivity index (χ0) is 29.9. The van der Waals surface area contributed by atoms with Gasteiger partial charge in [0.2, 0.25) is 0 Å². The van der Waals surface area contributed by atoms with E-state index in [2.05, 4.69) is 0 Å². The number of ether oxygens (including phenoxy) is 2. The van der Waals surface area contributed by atoms with Crippen molar-refractivity contribution < 1.29 is 19.1 Å². The molecular weight excluding hydrogens is 524 g/mol. The third kappa shape index (κ3) is 8.96. The molecule has 0 aromatic heterocycles. The molecule has 0 heterocycles. The molecule has 0 saturated heterocycles. The average Bonchev–Trinajstić information content (AvgIpc) is 3.01. The normalized spacial score (nSPS) is 12.2. The van der Waals surface area contributed by atoms with Gasteiger partial charge in [0.15, 0.2) is 12.2 Å². The van der Waals surface area contributed by atoms with E-state index in [1.54, 1.807) is 23.6 Å². The summed E-state index contributed by atoms with van der Waals surface area (Å²) in [5.41, 5.74) is 4.25. The summed E-state index contributed by atoms with van der Waals surface area (Å²) in [5, 5.41) is 0. The second-order valence-electron chi connectivity index (χ2n) is 10.6. The van der Waals surface area contributed by atoms with Crippen LogP contribution < -0.4 is 9.47 Å². The van der Waals surface area contributed by atoms with Crippen molar-refractivity contribution in [2.45, 2.75) is 53.0 Å². The fourth-order valence-electron chi connectivity index (χ4n) is 4.64. The SMILES string of the molecule is Cc1ccc(OC(C)C(=O)N(CCN(Cc2ccccc2)C(=O)C(C)Oc2ccc(C)cc2)Cc2ccccc2)cc1. The van der Waals surface area contributed by atoms with Gasteiger partial charge in [-0.15, -0.1) is 0 Å². The Bertz CT molecular complexity index is 1300. The Balaban J connectivity index is 1.51. The van der Waals surface area contributed by atoms with Gasteiger partial charge in [-0.05, 0) is 63.1 Å². The molecule has 2 amide bonds. The fourth-order valence-corrected chi connectivity index (χ4v) is 4.64. The van der Waals surface area contributed by atoms with Gasteiger partial charge in [-0.2, -0.15) is 0 Å². The van der Waals surface area contributed by atoms with E-state index >= 15 is 0 Å². The topological polar surface area (TPSA) is 59.1 Å². The molecule has 0 aliphatic heterocycles. The highest BCUT2D eigenvalue weighted by atomic mass is 16.5. The van der Waals surface area contributed by atoms with E-state index in [1.807, 2.05) is 123 Å². The maximum Gasteiger partial charge on any atom is 0.263 e. The first-order chi connectivity index (χ1) is 20.3. The Morgan fingerprint density at radius 1 is 0.548 bits per heavy atom. The van der Waals surface area contributed by atoms with Gasteiger partial charge in [-0.25, -0.2) is 0 Å². The quantitative estimate of drug-likeness (QED) is 0.184. The summed E-state index contributed by atoms with van der Waals surface area (Å²) in [4.78, 5) is 31.0. The molecule has 0 saturated carbocycles. The molecule has 0 fully saturated rings. The molecule has 4 aromatic carbocycles. The molecule has 0 aliphatic rings. The summed E-state index contributed by atoms with van der Waals surface area (Å²) in [6, 6.07) is 35.0. The van der Waals surface area contributed by atoms with Crippen molar-refractivity contribution in [2.24, 2.45) is 0 Å². The highest BCUT2D eigenvalue weighted by Crippen LogP contribution is 2.18. The minimum absolute atomic E-state index is 0.143. The standard InChI is InChI=1S/C36H40N2O4/c1-27-15-19-33(20-16-27)41-29(3)35(39)37(25-31-11-7-5-8-12-31)23-24-38(26-32-13-9-6-10-14-32)36(40)30(4)42-34-21-17-28(2)18-22-34/h5-22,29-30H,23-26H2,1-4H3. The Labute approximate surface area is 249 Å². The number of carbonyl (C=O) groups is 2. The van der Waals surface area contributed by atoms with Crippen LogP contribution in [0.3, 0.4) is 0 Å². The van der Waals surface area contributed by atoms with Crippen LogP contribution in [0.1, 0.15) is 36.1 Å². The maximum atomic E-state index is 13.7. The van der Waals surface area contributed by atoms with Crippen LogP contribution in [-0.4, -0.2) is 46.9 Å². The van der Waals surface area contributed by atoms with Crippen LogP contribution in [0.25, 0.3) is 0 Å². The molecule has 0 N–H and O–H groups in total. The minimum Gasteiger partial charge on any atom is -0.481 e.